The number of rotatable bonds is 3. The minimum atomic E-state index is -0.463. The molecule has 0 spiro atoms. The molecule has 1 fully saturated rings. The van der Waals surface area contributed by atoms with Crippen LogP contribution < -0.4 is 11.1 Å². The predicted octanol–water partition coefficient (Wildman–Crippen LogP) is 0.139. The first-order valence-electron chi connectivity index (χ1n) is 7.77. The molecule has 0 radical (unpaired) electrons. The number of amidine groups is 1. The Balaban J connectivity index is 1.66. The quantitative estimate of drug-likeness (QED) is 0.831. The van der Waals surface area contributed by atoms with Crippen LogP contribution in [0.25, 0.3) is 0 Å². The van der Waals surface area contributed by atoms with E-state index in [9.17, 15) is 9.59 Å². The Morgan fingerprint density at radius 3 is 2.61 bits per heavy atom. The highest BCUT2D eigenvalue weighted by Crippen LogP contribution is 2.13. The molecule has 3 rings (SSSR count). The van der Waals surface area contributed by atoms with Gasteiger partial charge in [0.2, 0.25) is 0 Å². The Kier molecular flexibility index (Phi) is 4.52. The van der Waals surface area contributed by atoms with Crippen LogP contribution >= 0.6 is 0 Å². The van der Waals surface area contributed by atoms with Crippen molar-refractivity contribution in [1.82, 2.24) is 10.2 Å². The molecule has 23 heavy (non-hydrogen) atoms. The Bertz CT molecular complexity index is 658. The molecule has 2 aliphatic rings. The number of aliphatic imine (C=N–C) groups is 1. The molecule has 6 nitrogen and oxygen atoms in total. The van der Waals surface area contributed by atoms with E-state index in [1.54, 1.807) is 0 Å². The molecule has 1 atom stereocenters. The fourth-order valence-electron chi connectivity index (χ4n) is 2.77. The van der Waals surface area contributed by atoms with E-state index in [0.717, 1.165) is 31.7 Å². The molecule has 0 saturated carbocycles. The maximum Gasteiger partial charge on any atom is 0.253 e. The molecule has 1 saturated heterocycles. The molecule has 1 unspecified atom stereocenters. The zero-order valence-electron chi connectivity index (χ0n) is 12.9. The molecule has 120 valence electrons. The maximum atomic E-state index is 12.4. The largest absolute Gasteiger partial charge is 0.384 e. The van der Waals surface area contributed by atoms with Gasteiger partial charge in [-0.2, -0.15) is 0 Å². The van der Waals surface area contributed by atoms with Gasteiger partial charge in [-0.15, -0.1) is 0 Å². The molecular formula is C17H20N4O2. The Hall–Kier alpha value is -2.47. The van der Waals surface area contributed by atoms with E-state index in [2.05, 4.69) is 10.3 Å². The molecule has 1 aromatic rings. The summed E-state index contributed by atoms with van der Waals surface area (Å²) in [7, 11) is 0. The van der Waals surface area contributed by atoms with Crippen LogP contribution in [0, 0.1) is 0 Å². The summed E-state index contributed by atoms with van der Waals surface area (Å²) in [6, 6.07) is 6.93. The summed E-state index contributed by atoms with van der Waals surface area (Å²) in [4.78, 5) is 30.2. The summed E-state index contributed by atoms with van der Waals surface area (Å²) >= 11 is 0. The normalized spacial score (nSPS) is 21.2. The molecule has 2 aliphatic heterocycles. The number of hydrogen-bond donors (Lipinski definition) is 2. The number of nitrogens with two attached hydrogens (primary N) is 1. The number of piperazine rings is 1. The van der Waals surface area contributed by atoms with E-state index in [0.29, 0.717) is 17.8 Å². The second-order valence-electron chi connectivity index (χ2n) is 5.75. The lowest BCUT2D eigenvalue weighted by Crippen LogP contribution is -2.46. The molecular weight excluding hydrogens is 292 g/mol. The summed E-state index contributed by atoms with van der Waals surface area (Å²) in [6.07, 6.45) is 3.48. The smallest absolute Gasteiger partial charge is 0.253 e. The molecule has 6 heteroatoms. The third-order valence-corrected chi connectivity index (χ3v) is 4.09. The van der Waals surface area contributed by atoms with Crippen molar-refractivity contribution in [2.45, 2.75) is 12.5 Å². The van der Waals surface area contributed by atoms with Gasteiger partial charge in [0.25, 0.3) is 5.91 Å². The SMILES string of the molecule is NC1=NC(Cc2ccc(C(=O)N3CCNCC3)cc2)C(=O)C=C1. The highest BCUT2D eigenvalue weighted by Gasteiger charge is 2.20. The van der Waals surface area contributed by atoms with Crippen molar-refractivity contribution in [3.8, 4) is 0 Å². The van der Waals surface area contributed by atoms with E-state index in [-0.39, 0.29) is 11.7 Å². The van der Waals surface area contributed by atoms with Crippen LogP contribution in [0.3, 0.4) is 0 Å². The highest BCUT2D eigenvalue weighted by atomic mass is 16.2. The Morgan fingerprint density at radius 2 is 1.91 bits per heavy atom. The molecule has 0 bridgehead atoms. The number of carbonyl (C=O) groups excluding carboxylic acids is 2. The van der Waals surface area contributed by atoms with Crippen molar-refractivity contribution in [2.24, 2.45) is 10.7 Å². The molecule has 1 aromatic carbocycles. The molecule has 3 N–H and O–H groups in total. The second-order valence-corrected chi connectivity index (χ2v) is 5.75. The number of dihydropyridines is 1. The monoisotopic (exact) mass is 312 g/mol. The van der Waals surface area contributed by atoms with Crippen LogP contribution in [0.15, 0.2) is 41.4 Å². The topological polar surface area (TPSA) is 87.8 Å². The summed E-state index contributed by atoms with van der Waals surface area (Å²) < 4.78 is 0. The second kappa shape index (κ2) is 6.75. The number of hydrogen-bond acceptors (Lipinski definition) is 5. The summed E-state index contributed by atoms with van der Waals surface area (Å²) in [5, 5.41) is 3.23. The molecule has 0 aromatic heterocycles. The average Bonchev–Trinajstić information content (AvgIpc) is 2.59. The van der Waals surface area contributed by atoms with Gasteiger partial charge in [0.15, 0.2) is 5.78 Å². The van der Waals surface area contributed by atoms with Crippen molar-refractivity contribution in [3.05, 3.63) is 47.5 Å². The van der Waals surface area contributed by atoms with Crippen LogP contribution in [0.5, 0.6) is 0 Å². The number of ketones is 1. The third-order valence-electron chi connectivity index (χ3n) is 4.09. The van der Waals surface area contributed by atoms with Gasteiger partial charge in [0.1, 0.15) is 11.9 Å². The predicted molar refractivity (Wildman–Crippen MR) is 88.5 cm³/mol. The fraction of sp³-hybridized carbons (Fsp3) is 0.353. The molecule has 1 amide bonds. The minimum absolute atomic E-state index is 0.0415. The first-order valence-corrected chi connectivity index (χ1v) is 7.77. The van der Waals surface area contributed by atoms with Crippen LogP contribution in [0.2, 0.25) is 0 Å². The van der Waals surface area contributed by atoms with Gasteiger partial charge in [0, 0.05) is 38.2 Å². The van der Waals surface area contributed by atoms with Gasteiger partial charge < -0.3 is 16.0 Å². The lowest BCUT2D eigenvalue weighted by atomic mass is 9.99. The van der Waals surface area contributed by atoms with E-state index in [4.69, 9.17) is 5.73 Å². The fourth-order valence-corrected chi connectivity index (χ4v) is 2.77. The van der Waals surface area contributed by atoms with Gasteiger partial charge in [-0.1, -0.05) is 12.1 Å². The van der Waals surface area contributed by atoms with Gasteiger partial charge in [-0.3, -0.25) is 14.6 Å². The first kappa shape index (κ1) is 15.4. The van der Waals surface area contributed by atoms with Crippen LogP contribution in [0.1, 0.15) is 15.9 Å². The van der Waals surface area contributed by atoms with Crippen molar-refractivity contribution in [1.29, 1.82) is 0 Å². The van der Waals surface area contributed by atoms with Crippen LogP contribution in [-0.2, 0) is 11.2 Å². The number of nitrogens with zero attached hydrogens (tertiary/aromatic N) is 2. The maximum absolute atomic E-state index is 12.4. The van der Waals surface area contributed by atoms with E-state index in [1.807, 2.05) is 29.2 Å². The van der Waals surface area contributed by atoms with E-state index < -0.39 is 6.04 Å². The average molecular weight is 312 g/mol. The van der Waals surface area contributed by atoms with Gasteiger partial charge >= 0.3 is 0 Å². The lowest BCUT2D eigenvalue weighted by Gasteiger charge is -2.27. The zero-order valence-corrected chi connectivity index (χ0v) is 12.9. The number of nitrogens with one attached hydrogen (secondary N) is 1. The van der Waals surface area contributed by atoms with E-state index in [1.165, 1.54) is 12.2 Å². The first-order chi connectivity index (χ1) is 11.1. The van der Waals surface area contributed by atoms with Crippen LogP contribution in [0.4, 0.5) is 0 Å². The standard InChI is InChI=1S/C17H20N4O2/c18-16-6-5-15(22)14(20-16)11-12-1-3-13(4-2-12)17(23)21-9-7-19-8-10-21/h1-6,14,19H,7-11H2,(H2,18,20). The zero-order chi connectivity index (χ0) is 16.2. The minimum Gasteiger partial charge on any atom is -0.384 e. The number of amides is 1. The lowest BCUT2D eigenvalue weighted by molar-refractivity contribution is -0.115. The van der Waals surface area contributed by atoms with Crippen molar-refractivity contribution in [2.75, 3.05) is 26.2 Å². The number of benzene rings is 1. The van der Waals surface area contributed by atoms with Gasteiger partial charge in [0.05, 0.1) is 0 Å². The summed E-state index contributed by atoms with van der Waals surface area (Å²) in [5.74, 6) is 0.386. The van der Waals surface area contributed by atoms with Gasteiger partial charge in [-0.05, 0) is 29.8 Å². The van der Waals surface area contributed by atoms with Crippen molar-refractivity contribution >= 4 is 17.5 Å². The van der Waals surface area contributed by atoms with Crippen molar-refractivity contribution < 1.29 is 9.59 Å². The van der Waals surface area contributed by atoms with Crippen LogP contribution in [-0.4, -0.2) is 54.6 Å². The number of carbonyl (C=O) groups is 2. The Morgan fingerprint density at radius 1 is 1.22 bits per heavy atom. The van der Waals surface area contributed by atoms with Crippen molar-refractivity contribution in [3.63, 3.8) is 0 Å². The molecule has 0 aliphatic carbocycles. The third kappa shape index (κ3) is 3.65. The van der Waals surface area contributed by atoms with E-state index >= 15 is 0 Å². The Labute approximate surface area is 135 Å². The molecule has 2 heterocycles. The highest BCUT2D eigenvalue weighted by molar-refractivity contribution is 6.06. The summed E-state index contributed by atoms with van der Waals surface area (Å²) in [6.45, 7) is 3.14. The van der Waals surface area contributed by atoms with Gasteiger partial charge in [-0.25, -0.2) is 0 Å². The summed E-state index contributed by atoms with van der Waals surface area (Å²) in [5.41, 5.74) is 7.28.